The second-order valence-electron chi connectivity index (χ2n) is 7.09. The van der Waals surface area contributed by atoms with Gasteiger partial charge in [-0.1, -0.05) is 74.6 Å². The van der Waals surface area contributed by atoms with Crippen molar-refractivity contribution in [2.45, 2.75) is 5.72 Å². The summed E-state index contributed by atoms with van der Waals surface area (Å²) >= 11 is 18.3. The predicted molar refractivity (Wildman–Crippen MR) is 133 cm³/mol. The fourth-order valence-corrected chi connectivity index (χ4v) is 5.06. The van der Waals surface area contributed by atoms with Crippen molar-refractivity contribution >= 4 is 67.5 Å². The summed E-state index contributed by atoms with van der Waals surface area (Å²) in [4.78, 5) is 13.4. The zero-order valence-electron chi connectivity index (χ0n) is 16.3. The molecule has 0 N–H and O–H groups in total. The lowest BCUT2D eigenvalue weighted by Gasteiger charge is -2.37. The standard InChI is InChI=1S/C23H16BrCl2N3OS/c1-31-21-13-29-22(14-6-8-15(24)9-7-14)28-30-23(29,17-4-2-3-5-19(17)26)18-12-16(25)10-11-20(18)27-21/h2-12H,13H2,1H3. The van der Waals surface area contributed by atoms with Crippen LogP contribution < -0.4 is 0 Å². The molecule has 8 heteroatoms. The number of hydrogen-bond acceptors (Lipinski definition) is 5. The van der Waals surface area contributed by atoms with E-state index in [1.165, 1.54) is 0 Å². The van der Waals surface area contributed by atoms with Crippen LogP contribution in [-0.2, 0) is 10.6 Å². The summed E-state index contributed by atoms with van der Waals surface area (Å²) < 4.78 is 0.993. The number of hydrogen-bond donors (Lipinski definition) is 0. The summed E-state index contributed by atoms with van der Waals surface area (Å²) in [6.45, 7) is 0.508. The van der Waals surface area contributed by atoms with Crippen LogP contribution in [0.25, 0.3) is 0 Å². The molecule has 0 bridgehead atoms. The van der Waals surface area contributed by atoms with Gasteiger partial charge in [0.25, 0.3) is 5.72 Å². The minimum absolute atomic E-state index is 0.508. The predicted octanol–water partition coefficient (Wildman–Crippen LogP) is 7.06. The lowest BCUT2D eigenvalue weighted by atomic mass is 9.91. The largest absolute Gasteiger partial charge is 0.355 e. The molecule has 31 heavy (non-hydrogen) atoms. The van der Waals surface area contributed by atoms with Gasteiger partial charge in [0.05, 0.1) is 27.9 Å². The summed E-state index contributed by atoms with van der Waals surface area (Å²) in [5.41, 5.74) is 2.20. The summed E-state index contributed by atoms with van der Waals surface area (Å²) in [6.07, 6.45) is 2.02. The number of benzene rings is 3. The van der Waals surface area contributed by atoms with Gasteiger partial charge in [0.2, 0.25) is 0 Å². The second-order valence-corrected chi connectivity index (χ2v) is 9.73. The molecule has 0 radical (unpaired) electrons. The second kappa shape index (κ2) is 8.17. The van der Waals surface area contributed by atoms with Crippen molar-refractivity contribution in [2.75, 3.05) is 12.8 Å². The topological polar surface area (TPSA) is 37.2 Å². The Kier molecular flexibility index (Phi) is 5.51. The van der Waals surface area contributed by atoms with Gasteiger partial charge >= 0.3 is 0 Å². The van der Waals surface area contributed by atoms with Gasteiger partial charge in [-0.15, -0.1) is 11.8 Å². The molecule has 4 nitrogen and oxygen atoms in total. The first-order valence-corrected chi connectivity index (χ1v) is 12.3. The van der Waals surface area contributed by atoms with Crippen molar-refractivity contribution < 1.29 is 4.84 Å². The average molecular weight is 533 g/mol. The SMILES string of the molecule is CSC1=Nc2ccc(Cl)cc2C2(c3ccccc3Cl)ON=C(c3ccc(Br)cc3)N2C1. The maximum Gasteiger partial charge on any atom is 0.267 e. The third kappa shape index (κ3) is 3.46. The van der Waals surface area contributed by atoms with Gasteiger partial charge in [0.15, 0.2) is 5.84 Å². The maximum absolute atomic E-state index is 6.72. The number of thioether (sulfide) groups is 1. The molecule has 0 fully saturated rings. The molecular formula is C23H16BrCl2N3OS. The Bertz CT molecular complexity index is 1230. The quantitative estimate of drug-likeness (QED) is 0.354. The highest BCUT2D eigenvalue weighted by atomic mass is 79.9. The molecule has 0 spiro atoms. The van der Waals surface area contributed by atoms with Crippen molar-refractivity contribution in [3.63, 3.8) is 0 Å². The molecule has 2 aliphatic heterocycles. The minimum Gasteiger partial charge on any atom is -0.355 e. The van der Waals surface area contributed by atoms with Crippen LogP contribution in [0.2, 0.25) is 10.0 Å². The van der Waals surface area contributed by atoms with Gasteiger partial charge in [-0.05, 0) is 42.7 Å². The van der Waals surface area contributed by atoms with E-state index in [1.54, 1.807) is 11.8 Å². The maximum atomic E-state index is 6.72. The Morgan fingerprint density at radius 3 is 2.55 bits per heavy atom. The van der Waals surface area contributed by atoms with E-state index in [9.17, 15) is 0 Å². The molecule has 0 aliphatic carbocycles. The first-order valence-electron chi connectivity index (χ1n) is 9.49. The summed E-state index contributed by atoms with van der Waals surface area (Å²) in [7, 11) is 0. The highest BCUT2D eigenvalue weighted by Gasteiger charge is 2.53. The number of aliphatic imine (C=N–C) groups is 1. The van der Waals surface area contributed by atoms with Crippen molar-refractivity contribution in [1.82, 2.24) is 4.90 Å². The lowest BCUT2D eigenvalue weighted by Crippen LogP contribution is -2.48. The van der Waals surface area contributed by atoms with Gasteiger partial charge < -0.3 is 4.84 Å². The van der Waals surface area contributed by atoms with Gasteiger partial charge in [0.1, 0.15) is 0 Å². The van der Waals surface area contributed by atoms with Crippen molar-refractivity contribution in [2.24, 2.45) is 10.1 Å². The van der Waals surface area contributed by atoms with Crippen LogP contribution in [0.3, 0.4) is 0 Å². The lowest BCUT2D eigenvalue weighted by molar-refractivity contribution is -0.0644. The molecule has 5 rings (SSSR count). The monoisotopic (exact) mass is 531 g/mol. The van der Waals surface area contributed by atoms with E-state index in [-0.39, 0.29) is 0 Å². The molecule has 0 saturated heterocycles. The smallest absolute Gasteiger partial charge is 0.267 e. The van der Waals surface area contributed by atoms with Crippen molar-refractivity contribution in [3.8, 4) is 0 Å². The van der Waals surface area contributed by atoms with Gasteiger partial charge in [-0.25, -0.2) is 4.99 Å². The van der Waals surface area contributed by atoms with Crippen LogP contribution in [0.1, 0.15) is 16.7 Å². The van der Waals surface area contributed by atoms with E-state index >= 15 is 0 Å². The van der Waals surface area contributed by atoms with Gasteiger partial charge in [-0.2, -0.15) is 0 Å². The molecule has 0 aromatic heterocycles. The molecule has 3 aromatic carbocycles. The Balaban J connectivity index is 1.79. The van der Waals surface area contributed by atoms with Crippen molar-refractivity contribution in [1.29, 1.82) is 0 Å². The fourth-order valence-electron chi connectivity index (χ4n) is 3.91. The van der Waals surface area contributed by atoms with E-state index in [4.69, 9.17) is 33.0 Å². The Hall–Kier alpha value is -1.99. The Morgan fingerprint density at radius 2 is 1.81 bits per heavy atom. The van der Waals surface area contributed by atoms with Crippen LogP contribution >= 0.6 is 50.9 Å². The number of halogens is 3. The molecule has 2 heterocycles. The first-order chi connectivity index (χ1) is 15.0. The van der Waals surface area contributed by atoms with E-state index in [0.29, 0.717) is 22.4 Å². The van der Waals surface area contributed by atoms with E-state index in [2.05, 4.69) is 26.0 Å². The number of amidine groups is 1. The zero-order chi connectivity index (χ0) is 21.6. The molecule has 3 aromatic rings. The first kappa shape index (κ1) is 20.9. The third-order valence-electron chi connectivity index (χ3n) is 5.34. The molecule has 1 unspecified atom stereocenters. The van der Waals surface area contributed by atoms with Crippen LogP contribution in [0, 0.1) is 0 Å². The number of nitrogens with zero attached hydrogens (tertiary/aromatic N) is 3. The van der Waals surface area contributed by atoms with Crippen molar-refractivity contribution in [3.05, 3.63) is 97.9 Å². The minimum atomic E-state index is -1.10. The average Bonchev–Trinajstić information content (AvgIpc) is 3.08. The Morgan fingerprint density at radius 1 is 1.03 bits per heavy atom. The number of rotatable bonds is 2. The van der Waals surface area contributed by atoms with E-state index in [1.807, 2.05) is 73.0 Å². The number of fused-ring (bicyclic) bond motifs is 3. The van der Waals surface area contributed by atoms with Crippen LogP contribution in [0.4, 0.5) is 5.69 Å². The molecule has 0 saturated carbocycles. The highest BCUT2D eigenvalue weighted by molar-refractivity contribution is 9.10. The molecule has 2 aliphatic rings. The van der Waals surface area contributed by atoms with E-state index < -0.39 is 5.72 Å². The summed E-state index contributed by atoms with van der Waals surface area (Å²) in [5.74, 6) is 0.710. The summed E-state index contributed by atoms with van der Waals surface area (Å²) in [5, 5.41) is 6.68. The summed E-state index contributed by atoms with van der Waals surface area (Å²) in [6, 6.07) is 21.3. The van der Waals surface area contributed by atoms with Crippen LogP contribution in [0.15, 0.2) is 81.4 Å². The van der Waals surface area contributed by atoms with Crippen LogP contribution in [0.5, 0.6) is 0 Å². The normalized spacial score (nSPS) is 19.7. The molecule has 1 atom stereocenters. The number of oxime groups is 1. The molecule has 0 amide bonds. The molecule has 156 valence electrons. The van der Waals surface area contributed by atoms with Gasteiger partial charge in [-0.3, -0.25) is 4.90 Å². The Labute approximate surface area is 203 Å². The third-order valence-corrected chi connectivity index (χ3v) is 7.12. The highest BCUT2D eigenvalue weighted by Crippen LogP contribution is 2.50. The van der Waals surface area contributed by atoms with Gasteiger partial charge in [0, 0.05) is 20.6 Å². The van der Waals surface area contributed by atoms with E-state index in [0.717, 1.165) is 31.9 Å². The fraction of sp³-hybridized carbons (Fsp3) is 0.130. The zero-order valence-corrected chi connectivity index (χ0v) is 20.3. The molecular weight excluding hydrogens is 517 g/mol. The van der Waals surface area contributed by atoms with Crippen LogP contribution in [-0.4, -0.2) is 28.6 Å².